The molecule has 0 saturated heterocycles. The van der Waals surface area contributed by atoms with Crippen molar-refractivity contribution in [3.8, 4) is 5.75 Å². The highest BCUT2D eigenvalue weighted by Gasteiger charge is 2.14. The van der Waals surface area contributed by atoms with Crippen molar-refractivity contribution >= 4 is 23.0 Å². The molecule has 6 heteroatoms. The monoisotopic (exact) mass is 275 g/mol. The van der Waals surface area contributed by atoms with E-state index in [9.17, 15) is 9.90 Å². The van der Waals surface area contributed by atoms with Gasteiger partial charge in [0, 0.05) is 23.2 Å². The Hall–Kier alpha value is -2.34. The molecule has 0 atom stereocenters. The third-order valence-electron chi connectivity index (χ3n) is 2.56. The van der Waals surface area contributed by atoms with Crippen molar-refractivity contribution in [2.45, 2.75) is 19.4 Å². The zero-order chi connectivity index (χ0) is 14.8. The van der Waals surface area contributed by atoms with Crippen LogP contribution in [0.15, 0.2) is 24.5 Å². The number of fused-ring (bicyclic) bond motifs is 1. The van der Waals surface area contributed by atoms with Gasteiger partial charge < -0.3 is 20.6 Å². The summed E-state index contributed by atoms with van der Waals surface area (Å²) in [6, 6.07) is 1.80. The second-order valence-corrected chi connectivity index (χ2v) is 5.15. The Balaban J connectivity index is 2.27. The predicted octanol–water partition coefficient (Wildman–Crippen LogP) is 1.21. The van der Waals surface area contributed by atoms with Crippen LogP contribution in [0.1, 0.15) is 19.4 Å². The molecule has 20 heavy (non-hydrogen) atoms. The first-order valence-corrected chi connectivity index (χ1v) is 6.15. The number of pyridine rings is 1. The van der Waals surface area contributed by atoms with Gasteiger partial charge >= 0.3 is 0 Å². The Kier molecular flexibility index (Phi) is 3.76. The second-order valence-electron chi connectivity index (χ2n) is 5.15. The van der Waals surface area contributed by atoms with Gasteiger partial charge in [-0.15, -0.1) is 0 Å². The van der Waals surface area contributed by atoms with E-state index in [2.05, 4.69) is 9.97 Å². The Bertz CT molecular complexity index is 653. The molecule has 0 aliphatic rings. The van der Waals surface area contributed by atoms with E-state index in [4.69, 9.17) is 10.5 Å². The Labute approximate surface area is 116 Å². The van der Waals surface area contributed by atoms with Crippen LogP contribution in [0.5, 0.6) is 5.75 Å². The summed E-state index contributed by atoms with van der Waals surface area (Å²) in [5.41, 5.74) is 5.64. The molecule has 2 rings (SSSR count). The van der Waals surface area contributed by atoms with Gasteiger partial charge in [-0.2, -0.15) is 0 Å². The third-order valence-corrected chi connectivity index (χ3v) is 2.56. The highest BCUT2D eigenvalue weighted by molar-refractivity contribution is 5.94. The van der Waals surface area contributed by atoms with Gasteiger partial charge in [-0.3, -0.25) is 4.79 Å². The molecule has 106 valence electrons. The fourth-order valence-corrected chi connectivity index (χ4v) is 1.65. The van der Waals surface area contributed by atoms with Crippen LogP contribution in [0.3, 0.4) is 0 Å². The van der Waals surface area contributed by atoms with E-state index in [-0.39, 0.29) is 6.61 Å². The lowest BCUT2D eigenvalue weighted by molar-refractivity contribution is -0.113. The Morgan fingerprint density at radius 1 is 1.60 bits per heavy atom. The topological polar surface area (TPSA) is 101 Å². The number of amides is 1. The number of nitrogens with two attached hydrogens (primary N) is 1. The van der Waals surface area contributed by atoms with Gasteiger partial charge in [0.1, 0.15) is 18.0 Å². The fourth-order valence-electron chi connectivity index (χ4n) is 1.65. The average molecular weight is 275 g/mol. The minimum atomic E-state index is -0.915. The summed E-state index contributed by atoms with van der Waals surface area (Å²) in [7, 11) is 0. The number of rotatable bonds is 5. The largest absolute Gasteiger partial charge is 0.489 e. The van der Waals surface area contributed by atoms with E-state index in [0.29, 0.717) is 11.4 Å². The summed E-state index contributed by atoms with van der Waals surface area (Å²) in [5, 5.41) is 10.5. The van der Waals surface area contributed by atoms with Crippen LogP contribution in [0.25, 0.3) is 17.1 Å². The number of carbonyl (C=O) groups excluding carboxylic acids is 1. The van der Waals surface area contributed by atoms with Crippen LogP contribution < -0.4 is 10.5 Å². The molecule has 0 aromatic carbocycles. The number of hydrogen-bond acceptors (Lipinski definition) is 4. The average Bonchev–Trinajstić information content (AvgIpc) is 2.75. The molecule has 0 aliphatic heterocycles. The maximum absolute atomic E-state index is 10.8. The molecule has 2 aromatic rings. The van der Waals surface area contributed by atoms with Gasteiger partial charge in [-0.1, -0.05) is 0 Å². The summed E-state index contributed by atoms with van der Waals surface area (Å²) < 4.78 is 5.49. The van der Waals surface area contributed by atoms with Crippen molar-refractivity contribution in [2.75, 3.05) is 6.61 Å². The number of ether oxygens (including phenoxy) is 1. The van der Waals surface area contributed by atoms with Crippen LogP contribution in [-0.2, 0) is 4.79 Å². The summed E-state index contributed by atoms with van der Waals surface area (Å²) in [4.78, 5) is 18.0. The van der Waals surface area contributed by atoms with Crippen molar-refractivity contribution < 1.29 is 14.6 Å². The summed E-state index contributed by atoms with van der Waals surface area (Å²) in [6.45, 7) is 3.49. The van der Waals surface area contributed by atoms with E-state index in [0.717, 1.165) is 10.9 Å². The molecule has 0 bridgehead atoms. The number of carbonyl (C=O) groups is 1. The minimum absolute atomic E-state index is 0.164. The first-order chi connectivity index (χ1) is 9.35. The maximum atomic E-state index is 10.8. The molecule has 4 N–H and O–H groups in total. The van der Waals surface area contributed by atoms with Crippen LogP contribution in [0.4, 0.5) is 0 Å². The number of aliphatic hydroxyl groups is 1. The van der Waals surface area contributed by atoms with Crippen molar-refractivity contribution in [1.82, 2.24) is 9.97 Å². The lowest BCUT2D eigenvalue weighted by Gasteiger charge is -2.17. The quantitative estimate of drug-likeness (QED) is 0.714. The van der Waals surface area contributed by atoms with Crippen molar-refractivity contribution in [3.63, 3.8) is 0 Å². The van der Waals surface area contributed by atoms with Gasteiger partial charge in [-0.25, -0.2) is 4.98 Å². The predicted molar refractivity (Wildman–Crippen MR) is 76.1 cm³/mol. The highest BCUT2D eigenvalue weighted by Crippen LogP contribution is 2.23. The van der Waals surface area contributed by atoms with Crippen LogP contribution in [0.2, 0.25) is 0 Å². The number of H-pyrrole nitrogens is 1. The van der Waals surface area contributed by atoms with Gasteiger partial charge in [0.15, 0.2) is 0 Å². The van der Waals surface area contributed by atoms with E-state index in [1.54, 1.807) is 38.4 Å². The maximum Gasteiger partial charge on any atom is 0.241 e. The normalized spacial score (nSPS) is 12.2. The number of primary amides is 1. The lowest BCUT2D eigenvalue weighted by atomic mass is 10.1. The van der Waals surface area contributed by atoms with E-state index >= 15 is 0 Å². The van der Waals surface area contributed by atoms with Crippen molar-refractivity contribution in [3.05, 3.63) is 30.1 Å². The van der Waals surface area contributed by atoms with Crippen molar-refractivity contribution in [2.24, 2.45) is 5.73 Å². The standard InChI is InChI=1S/C14H17N3O3/c1-14(2,19)8-20-10-5-11-9(3-4-12(15)18)6-16-13(11)17-7-10/h3-7,19H,8H2,1-2H3,(H2,15,18)(H,16,17)/b4-3+. The van der Waals surface area contributed by atoms with Gasteiger partial charge in [-0.05, 0) is 26.0 Å². The van der Waals surface area contributed by atoms with Gasteiger partial charge in [0.05, 0.1) is 11.8 Å². The molecule has 0 aliphatic carbocycles. The number of aromatic amines is 1. The van der Waals surface area contributed by atoms with Gasteiger partial charge in [0.25, 0.3) is 0 Å². The van der Waals surface area contributed by atoms with Crippen LogP contribution >= 0.6 is 0 Å². The summed E-state index contributed by atoms with van der Waals surface area (Å²) >= 11 is 0. The SMILES string of the molecule is CC(C)(O)COc1cnc2[nH]cc(/C=C/C(N)=O)c2c1. The Morgan fingerprint density at radius 2 is 2.35 bits per heavy atom. The minimum Gasteiger partial charge on any atom is -0.489 e. The molecule has 0 fully saturated rings. The zero-order valence-corrected chi connectivity index (χ0v) is 11.4. The molecule has 1 amide bonds. The Morgan fingerprint density at radius 3 is 3.00 bits per heavy atom. The number of hydrogen-bond donors (Lipinski definition) is 3. The highest BCUT2D eigenvalue weighted by atomic mass is 16.5. The number of nitrogens with one attached hydrogen (secondary N) is 1. The molecule has 0 spiro atoms. The van der Waals surface area contributed by atoms with Crippen LogP contribution in [0, 0.1) is 0 Å². The van der Waals surface area contributed by atoms with Crippen LogP contribution in [-0.4, -0.2) is 33.2 Å². The fraction of sp³-hybridized carbons (Fsp3) is 0.286. The molecule has 0 unspecified atom stereocenters. The smallest absolute Gasteiger partial charge is 0.241 e. The number of nitrogens with zero attached hydrogens (tertiary/aromatic N) is 1. The first kappa shape index (κ1) is 14.1. The molecule has 0 saturated carbocycles. The molecule has 2 aromatic heterocycles. The lowest BCUT2D eigenvalue weighted by Crippen LogP contribution is -2.27. The molecular weight excluding hydrogens is 258 g/mol. The molecule has 2 heterocycles. The summed E-state index contributed by atoms with van der Waals surface area (Å²) in [5.74, 6) is 0.0368. The second kappa shape index (κ2) is 5.34. The molecule has 6 nitrogen and oxygen atoms in total. The third kappa shape index (κ3) is 3.58. The van der Waals surface area contributed by atoms with Crippen molar-refractivity contribution in [1.29, 1.82) is 0 Å². The molecule has 0 radical (unpaired) electrons. The van der Waals surface area contributed by atoms with Gasteiger partial charge in [0.2, 0.25) is 5.91 Å². The zero-order valence-electron chi connectivity index (χ0n) is 11.4. The van der Waals surface area contributed by atoms with E-state index in [1.807, 2.05) is 0 Å². The van der Waals surface area contributed by atoms with E-state index < -0.39 is 11.5 Å². The molecular formula is C14H17N3O3. The van der Waals surface area contributed by atoms with E-state index in [1.165, 1.54) is 6.08 Å². The number of aromatic nitrogens is 2. The first-order valence-electron chi connectivity index (χ1n) is 6.15. The summed E-state index contributed by atoms with van der Waals surface area (Å²) in [6.07, 6.45) is 6.21.